The van der Waals surface area contributed by atoms with Crippen molar-refractivity contribution in [3.05, 3.63) is 58.6 Å². The van der Waals surface area contributed by atoms with Crippen molar-refractivity contribution in [2.24, 2.45) is 0 Å². The first-order valence-corrected chi connectivity index (χ1v) is 7.52. The Morgan fingerprint density at radius 2 is 1.71 bits per heavy atom. The zero-order valence-electron chi connectivity index (χ0n) is 12.1. The number of hydrazine groups is 1. The zero-order valence-corrected chi connectivity index (χ0v) is 13.6. The molecule has 0 atom stereocenters. The molecule has 2 N–H and O–H groups in total. The molecule has 2 aromatic carbocycles. The fourth-order valence-electron chi connectivity index (χ4n) is 1.78. The average molecular weight is 348 g/mol. The van der Waals surface area contributed by atoms with Gasteiger partial charge in [0.15, 0.2) is 0 Å². The zero-order chi connectivity index (χ0) is 15.2. The van der Waals surface area contributed by atoms with Crippen molar-refractivity contribution >= 4 is 33.2 Å². The minimum absolute atomic E-state index is 0.163. The van der Waals surface area contributed by atoms with E-state index in [2.05, 4.69) is 38.6 Å². The van der Waals surface area contributed by atoms with Gasteiger partial charge in [-0.25, -0.2) is 0 Å². The standard InChI is InChI=1S/C16H18BrN3O/c1-3-20(2)15-10-4-12(5-11-15)16(21)19-18-14-8-6-13(17)7-9-14/h4-11,18H,3H2,1-2H3,(H,19,21). The summed E-state index contributed by atoms with van der Waals surface area (Å²) in [4.78, 5) is 14.2. The van der Waals surface area contributed by atoms with Gasteiger partial charge in [-0.1, -0.05) is 15.9 Å². The number of nitrogens with one attached hydrogen (secondary N) is 2. The molecule has 2 rings (SSSR count). The molecular weight excluding hydrogens is 330 g/mol. The van der Waals surface area contributed by atoms with Crippen molar-refractivity contribution in [3.63, 3.8) is 0 Å². The lowest BCUT2D eigenvalue weighted by atomic mass is 10.2. The number of rotatable bonds is 5. The number of amides is 1. The summed E-state index contributed by atoms with van der Waals surface area (Å²) in [5.41, 5.74) is 8.11. The number of carbonyl (C=O) groups excluding carboxylic acids is 1. The maximum Gasteiger partial charge on any atom is 0.269 e. The lowest BCUT2D eigenvalue weighted by Gasteiger charge is -2.16. The second kappa shape index (κ2) is 7.13. The van der Waals surface area contributed by atoms with Crippen LogP contribution in [0.4, 0.5) is 11.4 Å². The maximum absolute atomic E-state index is 12.0. The Kier molecular flexibility index (Phi) is 5.22. The van der Waals surface area contributed by atoms with Crippen LogP contribution in [0.1, 0.15) is 17.3 Å². The number of anilines is 2. The van der Waals surface area contributed by atoms with Gasteiger partial charge in [0.25, 0.3) is 5.91 Å². The molecule has 0 saturated heterocycles. The normalized spacial score (nSPS) is 10.0. The summed E-state index contributed by atoms with van der Waals surface area (Å²) in [6, 6.07) is 15.1. The van der Waals surface area contributed by atoms with Gasteiger partial charge in [0.2, 0.25) is 0 Å². The molecule has 0 aliphatic heterocycles. The summed E-state index contributed by atoms with van der Waals surface area (Å²) in [6.45, 7) is 3.01. The van der Waals surface area contributed by atoms with E-state index in [9.17, 15) is 4.79 Å². The molecule has 0 fully saturated rings. The second-order valence-electron chi connectivity index (χ2n) is 4.65. The third kappa shape index (κ3) is 4.23. The lowest BCUT2D eigenvalue weighted by molar-refractivity contribution is 0.0962. The number of hydrogen-bond donors (Lipinski definition) is 2. The molecule has 0 bridgehead atoms. The van der Waals surface area contributed by atoms with Crippen molar-refractivity contribution in [1.29, 1.82) is 0 Å². The second-order valence-corrected chi connectivity index (χ2v) is 5.56. The van der Waals surface area contributed by atoms with Crippen LogP contribution in [0.2, 0.25) is 0 Å². The van der Waals surface area contributed by atoms with E-state index in [1.54, 1.807) is 0 Å². The fourth-order valence-corrected chi connectivity index (χ4v) is 2.05. The van der Waals surface area contributed by atoms with Crippen LogP contribution >= 0.6 is 15.9 Å². The molecule has 0 spiro atoms. The van der Waals surface area contributed by atoms with Gasteiger partial charge in [-0.15, -0.1) is 0 Å². The van der Waals surface area contributed by atoms with Crippen LogP contribution in [0.25, 0.3) is 0 Å². The Morgan fingerprint density at radius 1 is 1.10 bits per heavy atom. The van der Waals surface area contributed by atoms with E-state index >= 15 is 0 Å². The molecule has 2 aromatic rings. The largest absolute Gasteiger partial charge is 0.375 e. The molecule has 0 aliphatic carbocycles. The van der Waals surface area contributed by atoms with Crippen LogP contribution in [0.3, 0.4) is 0 Å². The van der Waals surface area contributed by atoms with Crippen molar-refractivity contribution in [2.75, 3.05) is 23.9 Å². The molecule has 0 saturated carbocycles. The average Bonchev–Trinajstić information content (AvgIpc) is 2.53. The van der Waals surface area contributed by atoms with E-state index in [1.807, 2.05) is 55.6 Å². The minimum Gasteiger partial charge on any atom is -0.375 e. The Labute approximate surface area is 133 Å². The Balaban J connectivity index is 1.95. The predicted molar refractivity (Wildman–Crippen MR) is 90.6 cm³/mol. The summed E-state index contributed by atoms with van der Waals surface area (Å²) in [5, 5.41) is 0. The van der Waals surface area contributed by atoms with Gasteiger partial charge in [-0.3, -0.25) is 15.6 Å². The highest BCUT2D eigenvalue weighted by molar-refractivity contribution is 9.10. The first-order valence-electron chi connectivity index (χ1n) is 6.73. The van der Waals surface area contributed by atoms with Crippen LogP contribution in [-0.4, -0.2) is 19.5 Å². The summed E-state index contributed by atoms with van der Waals surface area (Å²) in [7, 11) is 2.02. The van der Waals surface area contributed by atoms with E-state index in [-0.39, 0.29) is 5.91 Å². The van der Waals surface area contributed by atoms with Gasteiger partial charge in [0.05, 0.1) is 5.69 Å². The SMILES string of the molecule is CCN(C)c1ccc(C(=O)NNc2ccc(Br)cc2)cc1. The quantitative estimate of drug-likeness (QED) is 0.811. The molecule has 5 heteroatoms. The van der Waals surface area contributed by atoms with Crippen molar-refractivity contribution in [1.82, 2.24) is 5.43 Å². The van der Waals surface area contributed by atoms with Gasteiger partial charge in [0.1, 0.15) is 0 Å². The highest BCUT2D eigenvalue weighted by Gasteiger charge is 2.06. The van der Waals surface area contributed by atoms with Crippen LogP contribution in [-0.2, 0) is 0 Å². The number of nitrogens with zero attached hydrogens (tertiary/aromatic N) is 1. The van der Waals surface area contributed by atoms with E-state index in [1.165, 1.54) is 0 Å². The Morgan fingerprint density at radius 3 is 2.29 bits per heavy atom. The lowest BCUT2D eigenvalue weighted by Crippen LogP contribution is -2.29. The highest BCUT2D eigenvalue weighted by Crippen LogP contribution is 2.15. The molecule has 0 unspecified atom stereocenters. The van der Waals surface area contributed by atoms with Gasteiger partial charge >= 0.3 is 0 Å². The van der Waals surface area contributed by atoms with E-state index in [0.717, 1.165) is 22.4 Å². The summed E-state index contributed by atoms with van der Waals surface area (Å²) in [5.74, 6) is -0.163. The predicted octanol–water partition coefficient (Wildman–Crippen LogP) is 3.66. The molecule has 4 nitrogen and oxygen atoms in total. The summed E-state index contributed by atoms with van der Waals surface area (Å²) < 4.78 is 0.995. The Bertz CT molecular complexity index is 596. The third-order valence-corrected chi connectivity index (χ3v) is 3.74. The first kappa shape index (κ1) is 15.4. The number of benzene rings is 2. The minimum atomic E-state index is -0.163. The third-order valence-electron chi connectivity index (χ3n) is 3.21. The van der Waals surface area contributed by atoms with Crippen LogP contribution in [0.15, 0.2) is 53.0 Å². The molecule has 0 aliphatic rings. The maximum atomic E-state index is 12.0. The molecular formula is C16H18BrN3O. The summed E-state index contributed by atoms with van der Waals surface area (Å²) >= 11 is 3.37. The molecule has 21 heavy (non-hydrogen) atoms. The van der Waals surface area contributed by atoms with Gasteiger partial charge < -0.3 is 4.90 Å². The first-order chi connectivity index (χ1) is 10.1. The van der Waals surface area contributed by atoms with Crippen molar-refractivity contribution in [3.8, 4) is 0 Å². The van der Waals surface area contributed by atoms with Crippen molar-refractivity contribution in [2.45, 2.75) is 6.92 Å². The Hall–Kier alpha value is -2.01. The van der Waals surface area contributed by atoms with E-state index < -0.39 is 0 Å². The smallest absolute Gasteiger partial charge is 0.269 e. The molecule has 0 radical (unpaired) electrons. The van der Waals surface area contributed by atoms with Crippen LogP contribution in [0, 0.1) is 0 Å². The van der Waals surface area contributed by atoms with E-state index in [0.29, 0.717) is 5.56 Å². The number of hydrogen-bond acceptors (Lipinski definition) is 3. The topological polar surface area (TPSA) is 44.4 Å². The number of carbonyl (C=O) groups is 1. The molecule has 110 valence electrons. The molecule has 1 amide bonds. The van der Waals surface area contributed by atoms with Gasteiger partial charge in [-0.2, -0.15) is 0 Å². The highest BCUT2D eigenvalue weighted by atomic mass is 79.9. The number of halogens is 1. The fraction of sp³-hybridized carbons (Fsp3) is 0.188. The van der Waals surface area contributed by atoms with E-state index in [4.69, 9.17) is 0 Å². The molecule has 0 aromatic heterocycles. The molecule has 0 heterocycles. The monoisotopic (exact) mass is 347 g/mol. The van der Waals surface area contributed by atoms with Gasteiger partial charge in [0, 0.05) is 29.3 Å². The van der Waals surface area contributed by atoms with Crippen LogP contribution < -0.4 is 15.8 Å². The van der Waals surface area contributed by atoms with Crippen LogP contribution in [0.5, 0.6) is 0 Å². The van der Waals surface area contributed by atoms with Gasteiger partial charge in [-0.05, 0) is 55.5 Å². The summed E-state index contributed by atoms with van der Waals surface area (Å²) in [6.07, 6.45) is 0. The van der Waals surface area contributed by atoms with Crippen molar-refractivity contribution < 1.29 is 4.79 Å².